The predicted octanol–water partition coefficient (Wildman–Crippen LogP) is 2.71. The molecule has 2 amide bonds. The minimum absolute atomic E-state index is 0.0538. The van der Waals surface area contributed by atoms with Crippen molar-refractivity contribution in [3.05, 3.63) is 71.2 Å². The zero-order valence-electron chi connectivity index (χ0n) is 18.5. The molecule has 1 heterocycles. The van der Waals surface area contributed by atoms with Gasteiger partial charge in [-0.2, -0.15) is 0 Å². The lowest BCUT2D eigenvalue weighted by Gasteiger charge is -2.25. The summed E-state index contributed by atoms with van der Waals surface area (Å²) in [6, 6.07) is 12.8. The van der Waals surface area contributed by atoms with E-state index in [1.54, 1.807) is 25.2 Å². The van der Waals surface area contributed by atoms with E-state index in [-0.39, 0.29) is 17.8 Å². The van der Waals surface area contributed by atoms with E-state index < -0.39 is 17.6 Å². The summed E-state index contributed by atoms with van der Waals surface area (Å²) in [6.45, 7) is 1.55. The van der Waals surface area contributed by atoms with Gasteiger partial charge in [0.15, 0.2) is 0 Å². The van der Waals surface area contributed by atoms with Crippen molar-refractivity contribution in [2.45, 2.75) is 6.54 Å². The minimum atomic E-state index is -0.442. The predicted molar refractivity (Wildman–Crippen MR) is 117 cm³/mol. The van der Waals surface area contributed by atoms with Gasteiger partial charge in [-0.3, -0.25) is 14.5 Å². The molecule has 0 spiro atoms. The van der Waals surface area contributed by atoms with Gasteiger partial charge in [-0.25, -0.2) is 4.39 Å². The first-order valence-corrected chi connectivity index (χ1v) is 10.2. The van der Waals surface area contributed by atoms with Crippen molar-refractivity contribution in [3.8, 4) is 5.75 Å². The number of rotatable bonds is 11. The Kier molecular flexibility index (Phi) is 7.97. The van der Waals surface area contributed by atoms with Gasteiger partial charge in [0.2, 0.25) is 0 Å². The number of nitrogens with zero attached hydrogens (tertiary/aromatic N) is 2. The topological polar surface area (TPSA) is 68.3 Å². The maximum atomic E-state index is 13.5. The van der Waals surface area contributed by atoms with E-state index in [1.807, 2.05) is 18.2 Å². The Balaban J connectivity index is 2.05. The molecule has 2 aromatic carbocycles. The summed E-state index contributed by atoms with van der Waals surface area (Å²) in [5.41, 5.74) is 1.67. The minimum Gasteiger partial charge on any atom is -0.496 e. The SMILES string of the molecule is COCCN(CCOC)C1=C(c2ccc(F)cc2)C(=O)N(Cc2ccccc2OC)C1=O. The fraction of sp³-hybridized carbons (Fsp3) is 0.333. The van der Waals surface area contributed by atoms with Crippen LogP contribution in [0, 0.1) is 5.82 Å². The van der Waals surface area contributed by atoms with E-state index in [2.05, 4.69) is 0 Å². The van der Waals surface area contributed by atoms with E-state index in [9.17, 15) is 14.0 Å². The number of hydrogen-bond acceptors (Lipinski definition) is 6. The lowest BCUT2D eigenvalue weighted by molar-refractivity contribution is -0.138. The summed E-state index contributed by atoms with van der Waals surface area (Å²) >= 11 is 0. The highest BCUT2D eigenvalue weighted by Crippen LogP contribution is 2.33. The lowest BCUT2D eigenvalue weighted by atomic mass is 10.0. The fourth-order valence-electron chi connectivity index (χ4n) is 3.62. The molecule has 8 heteroatoms. The van der Waals surface area contributed by atoms with Crippen molar-refractivity contribution in [1.29, 1.82) is 0 Å². The molecule has 0 saturated heterocycles. The van der Waals surface area contributed by atoms with Crippen LogP contribution in [-0.2, 0) is 25.6 Å². The summed E-state index contributed by atoms with van der Waals surface area (Å²) in [5, 5.41) is 0. The molecule has 2 aromatic rings. The Bertz CT molecular complexity index is 982. The summed E-state index contributed by atoms with van der Waals surface area (Å²) in [4.78, 5) is 30.0. The van der Waals surface area contributed by atoms with Gasteiger partial charge in [0.05, 0.1) is 32.4 Å². The number of halogens is 1. The molecule has 0 fully saturated rings. The highest BCUT2D eigenvalue weighted by atomic mass is 19.1. The normalized spacial score (nSPS) is 13.8. The van der Waals surface area contributed by atoms with Crippen molar-refractivity contribution < 1.29 is 28.2 Å². The van der Waals surface area contributed by atoms with Crippen molar-refractivity contribution in [2.75, 3.05) is 47.6 Å². The third kappa shape index (κ3) is 4.98. The molecule has 0 aromatic heterocycles. The maximum absolute atomic E-state index is 13.5. The van der Waals surface area contributed by atoms with Crippen molar-refractivity contribution in [1.82, 2.24) is 9.80 Å². The number of ether oxygens (including phenoxy) is 3. The molecule has 0 unspecified atom stereocenters. The molecule has 0 bridgehead atoms. The van der Waals surface area contributed by atoms with E-state index in [0.717, 1.165) is 0 Å². The molecule has 0 N–H and O–H groups in total. The van der Waals surface area contributed by atoms with Crippen LogP contribution < -0.4 is 4.74 Å². The Morgan fingerprint density at radius 2 is 1.50 bits per heavy atom. The van der Waals surface area contributed by atoms with Crippen LogP contribution in [-0.4, -0.2) is 69.2 Å². The summed E-state index contributed by atoms with van der Waals surface area (Å²) in [6.07, 6.45) is 0. The monoisotopic (exact) mass is 442 g/mol. The molecule has 3 rings (SSSR count). The smallest absolute Gasteiger partial charge is 0.278 e. The van der Waals surface area contributed by atoms with Crippen LogP contribution in [0.25, 0.3) is 5.57 Å². The highest BCUT2D eigenvalue weighted by Gasteiger charge is 2.41. The first-order chi connectivity index (χ1) is 15.5. The number of carbonyl (C=O) groups is 2. The average molecular weight is 442 g/mol. The van der Waals surface area contributed by atoms with Crippen molar-refractivity contribution in [3.63, 3.8) is 0 Å². The molecule has 1 aliphatic rings. The largest absolute Gasteiger partial charge is 0.496 e. The van der Waals surface area contributed by atoms with Crippen molar-refractivity contribution >= 4 is 17.4 Å². The van der Waals surface area contributed by atoms with Crippen LogP contribution in [0.5, 0.6) is 5.75 Å². The second kappa shape index (κ2) is 10.9. The van der Waals surface area contributed by atoms with Gasteiger partial charge in [-0.1, -0.05) is 30.3 Å². The molecule has 0 radical (unpaired) electrons. The number of hydrogen-bond donors (Lipinski definition) is 0. The standard InChI is InChI=1S/C24H27FN2O5/c1-30-14-12-26(13-15-31-2)22-21(17-8-10-19(25)11-9-17)23(28)27(24(22)29)16-18-6-4-5-7-20(18)32-3/h4-11H,12-16H2,1-3H3. The number of amides is 2. The number of carbonyl (C=O) groups excluding carboxylic acids is 2. The van der Waals surface area contributed by atoms with Crippen LogP contribution in [0.15, 0.2) is 54.2 Å². The third-order valence-electron chi connectivity index (χ3n) is 5.24. The number of imide groups is 1. The van der Waals surface area contributed by atoms with Gasteiger partial charge in [0.25, 0.3) is 11.8 Å². The molecule has 0 saturated carbocycles. The van der Waals surface area contributed by atoms with Crippen LogP contribution in [0.4, 0.5) is 4.39 Å². The van der Waals surface area contributed by atoms with Crippen LogP contribution in [0.3, 0.4) is 0 Å². The summed E-state index contributed by atoms with van der Waals surface area (Å²) in [7, 11) is 4.68. The molecular formula is C24H27FN2O5. The first kappa shape index (κ1) is 23.4. The number of benzene rings is 2. The van der Waals surface area contributed by atoms with E-state index in [1.165, 1.54) is 36.3 Å². The summed E-state index contributed by atoms with van der Waals surface area (Å²) in [5.74, 6) is -0.704. The molecule has 170 valence electrons. The van der Waals surface area contributed by atoms with Crippen LogP contribution >= 0.6 is 0 Å². The summed E-state index contributed by atoms with van der Waals surface area (Å²) < 4.78 is 29.3. The second-order valence-corrected chi connectivity index (χ2v) is 7.21. The zero-order valence-corrected chi connectivity index (χ0v) is 18.5. The lowest BCUT2D eigenvalue weighted by Crippen LogP contribution is -2.37. The quantitative estimate of drug-likeness (QED) is 0.499. The Hall–Kier alpha value is -3.23. The first-order valence-electron chi connectivity index (χ1n) is 10.2. The second-order valence-electron chi connectivity index (χ2n) is 7.21. The molecule has 0 atom stereocenters. The highest BCUT2D eigenvalue weighted by molar-refractivity contribution is 6.35. The van der Waals surface area contributed by atoms with Gasteiger partial charge < -0.3 is 19.1 Å². The molecule has 7 nitrogen and oxygen atoms in total. The van der Waals surface area contributed by atoms with E-state index >= 15 is 0 Å². The van der Waals surface area contributed by atoms with Gasteiger partial charge in [-0.15, -0.1) is 0 Å². The molecular weight excluding hydrogens is 415 g/mol. The van der Waals surface area contributed by atoms with E-state index in [0.29, 0.717) is 43.2 Å². The van der Waals surface area contributed by atoms with E-state index in [4.69, 9.17) is 14.2 Å². The Morgan fingerprint density at radius 3 is 2.09 bits per heavy atom. The fourth-order valence-corrected chi connectivity index (χ4v) is 3.62. The molecule has 1 aliphatic heterocycles. The van der Waals surface area contributed by atoms with Gasteiger partial charge in [0, 0.05) is 32.9 Å². The Labute approximate surface area is 187 Å². The van der Waals surface area contributed by atoms with Crippen LogP contribution in [0.2, 0.25) is 0 Å². The maximum Gasteiger partial charge on any atom is 0.278 e. The number of para-hydroxylation sites is 1. The molecule has 0 aliphatic carbocycles. The number of methoxy groups -OCH3 is 3. The van der Waals surface area contributed by atoms with Gasteiger partial charge in [0.1, 0.15) is 17.3 Å². The third-order valence-corrected chi connectivity index (χ3v) is 5.24. The van der Waals surface area contributed by atoms with Crippen LogP contribution in [0.1, 0.15) is 11.1 Å². The van der Waals surface area contributed by atoms with Gasteiger partial charge in [-0.05, 0) is 23.8 Å². The van der Waals surface area contributed by atoms with Gasteiger partial charge >= 0.3 is 0 Å². The molecule has 32 heavy (non-hydrogen) atoms. The Morgan fingerprint density at radius 1 is 0.875 bits per heavy atom. The zero-order chi connectivity index (χ0) is 23.1. The van der Waals surface area contributed by atoms with Crippen molar-refractivity contribution in [2.24, 2.45) is 0 Å². The average Bonchev–Trinajstić information content (AvgIpc) is 3.05.